The lowest BCUT2D eigenvalue weighted by Crippen LogP contribution is -2.16. The Labute approximate surface area is 279 Å². The van der Waals surface area contributed by atoms with Crippen molar-refractivity contribution in [2.24, 2.45) is 5.10 Å². The largest absolute Gasteiger partial charge is 0.487 e. The maximum atomic E-state index is 12.6. The molecule has 0 aliphatic rings. The van der Waals surface area contributed by atoms with Gasteiger partial charge in [0.15, 0.2) is 5.76 Å². The molecule has 0 saturated carbocycles. The smallest absolute Gasteiger partial charge is 0.307 e. The molecule has 7 nitrogen and oxygen atoms in total. The fourth-order valence-electron chi connectivity index (χ4n) is 4.25. The van der Waals surface area contributed by atoms with Crippen LogP contribution in [0.15, 0.2) is 98.9 Å². The molecule has 2 aromatic heterocycles. The fraction of sp³-hybridized carbons (Fsp3) is 0.125. The summed E-state index contributed by atoms with van der Waals surface area (Å²) in [5, 5.41) is 4.11. The standard InChI is InChI=1S/C32H26BrI2N3O4/c1-20-3-4-21(2)38(20)25-9-11-26(12-10-25)40-19-27-13-14-30(42-27)32(39)37-36-17-23-15-28(34)31(29(35)16-23)41-18-22-5-7-24(33)8-6-22/h3-17H,18-19H2,1-2H3,(H,37,39)/b36-17+. The summed E-state index contributed by atoms with van der Waals surface area (Å²) in [6.45, 7) is 4.83. The van der Waals surface area contributed by atoms with E-state index in [4.69, 9.17) is 13.9 Å². The highest BCUT2D eigenvalue weighted by molar-refractivity contribution is 14.1. The molecule has 0 aliphatic heterocycles. The van der Waals surface area contributed by atoms with Crippen molar-refractivity contribution in [3.05, 3.63) is 131 Å². The van der Waals surface area contributed by atoms with Crippen molar-refractivity contribution in [1.82, 2.24) is 9.99 Å². The number of furan rings is 1. The lowest BCUT2D eigenvalue weighted by atomic mass is 10.2. The molecule has 42 heavy (non-hydrogen) atoms. The minimum atomic E-state index is -0.446. The van der Waals surface area contributed by atoms with Gasteiger partial charge in [-0.25, -0.2) is 5.43 Å². The molecule has 0 bridgehead atoms. The molecule has 1 amide bonds. The van der Waals surface area contributed by atoms with E-state index in [2.05, 4.69) is 102 Å². The number of aromatic nitrogens is 1. The molecule has 0 atom stereocenters. The van der Waals surface area contributed by atoms with E-state index in [9.17, 15) is 4.79 Å². The Bertz CT molecular complexity index is 1690. The third-order valence-corrected chi connectivity index (χ3v) is 8.46. The van der Waals surface area contributed by atoms with E-state index in [1.54, 1.807) is 18.3 Å². The quantitative estimate of drug-likeness (QED) is 0.0869. The Morgan fingerprint density at radius 2 is 1.57 bits per heavy atom. The van der Waals surface area contributed by atoms with Crippen molar-refractivity contribution in [1.29, 1.82) is 0 Å². The van der Waals surface area contributed by atoms with E-state index in [-0.39, 0.29) is 12.4 Å². The molecule has 5 aromatic rings. The number of nitrogens with zero attached hydrogens (tertiary/aromatic N) is 2. The molecule has 0 saturated heterocycles. The van der Waals surface area contributed by atoms with Crippen LogP contribution >= 0.6 is 61.1 Å². The van der Waals surface area contributed by atoms with Crippen LogP contribution in [0, 0.1) is 21.0 Å². The van der Waals surface area contributed by atoms with E-state index >= 15 is 0 Å². The highest BCUT2D eigenvalue weighted by Gasteiger charge is 2.12. The number of carbonyl (C=O) groups is 1. The molecule has 0 spiro atoms. The molecular weight excluding hydrogens is 824 g/mol. The average molecular weight is 850 g/mol. The number of hydrogen-bond donors (Lipinski definition) is 1. The average Bonchev–Trinajstić information content (AvgIpc) is 3.59. The number of aryl methyl sites for hydroxylation is 2. The summed E-state index contributed by atoms with van der Waals surface area (Å²) in [5.41, 5.74) is 7.86. The highest BCUT2D eigenvalue weighted by atomic mass is 127. The van der Waals surface area contributed by atoms with Crippen molar-refractivity contribution >= 4 is 73.2 Å². The zero-order valence-electron chi connectivity index (χ0n) is 22.7. The Kier molecular flexibility index (Phi) is 10.1. The van der Waals surface area contributed by atoms with Crippen LogP contribution in [0.5, 0.6) is 11.5 Å². The van der Waals surface area contributed by atoms with Crippen LogP contribution in [0.3, 0.4) is 0 Å². The first kappa shape index (κ1) is 30.4. The predicted molar refractivity (Wildman–Crippen MR) is 184 cm³/mol. The van der Waals surface area contributed by atoms with Gasteiger partial charge < -0.3 is 18.5 Å². The second-order valence-electron chi connectivity index (χ2n) is 9.43. The number of amides is 1. The monoisotopic (exact) mass is 849 g/mol. The summed E-state index contributed by atoms with van der Waals surface area (Å²) in [7, 11) is 0. The molecule has 10 heteroatoms. The molecule has 0 aliphatic carbocycles. The minimum Gasteiger partial charge on any atom is -0.487 e. The summed E-state index contributed by atoms with van der Waals surface area (Å²) in [5.74, 6) is 1.77. The van der Waals surface area contributed by atoms with Crippen molar-refractivity contribution in [2.75, 3.05) is 0 Å². The third kappa shape index (κ3) is 7.64. The molecule has 0 radical (unpaired) electrons. The van der Waals surface area contributed by atoms with Gasteiger partial charge in [-0.3, -0.25) is 4.79 Å². The molecule has 0 unspecified atom stereocenters. The number of halogens is 3. The van der Waals surface area contributed by atoms with Crippen LogP contribution < -0.4 is 14.9 Å². The van der Waals surface area contributed by atoms with Gasteiger partial charge in [0.25, 0.3) is 0 Å². The molecule has 0 fully saturated rings. The molecule has 214 valence electrons. The summed E-state index contributed by atoms with van der Waals surface area (Å²) in [4.78, 5) is 12.6. The van der Waals surface area contributed by atoms with E-state index in [0.717, 1.165) is 34.2 Å². The summed E-state index contributed by atoms with van der Waals surface area (Å²) in [6, 6.07) is 27.3. The Morgan fingerprint density at radius 1 is 0.905 bits per heavy atom. The summed E-state index contributed by atoms with van der Waals surface area (Å²) in [6.07, 6.45) is 1.59. The van der Waals surface area contributed by atoms with Crippen molar-refractivity contribution < 1.29 is 18.7 Å². The lowest BCUT2D eigenvalue weighted by Gasteiger charge is -2.11. The number of carbonyl (C=O) groups excluding carboxylic acids is 1. The van der Waals surface area contributed by atoms with Gasteiger partial charge in [-0.05, 0) is 143 Å². The van der Waals surface area contributed by atoms with Crippen molar-refractivity contribution in [2.45, 2.75) is 27.1 Å². The molecule has 2 heterocycles. The fourth-order valence-corrected chi connectivity index (χ4v) is 6.64. The van der Waals surface area contributed by atoms with E-state index in [1.807, 2.05) is 60.7 Å². The summed E-state index contributed by atoms with van der Waals surface area (Å²) >= 11 is 7.93. The van der Waals surface area contributed by atoms with Crippen LogP contribution in [0.1, 0.15) is 38.8 Å². The second-order valence-corrected chi connectivity index (χ2v) is 12.7. The van der Waals surface area contributed by atoms with Gasteiger partial charge >= 0.3 is 5.91 Å². The van der Waals surface area contributed by atoms with E-state index < -0.39 is 5.91 Å². The first-order valence-corrected chi connectivity index (χ1v) is 15.9. The number of hydrazone groups is 1. The molecule has 5 rings (SSSR count). The SMILES string of the molecule is Cc1ccc(C)n1-c1ccc(OCc2ccc(C(=O)N/N=C/c3cc(I)c(OCc4ccc(Br)cc4)c(I)c3)o2)cc1. The van der Waals surface area contributed by atoms with Crippen LogP contribution in [0.4, 0.5) is 0 Å². The first-order chi connectivity index (χ1) is 20.3. The molecular formula is C32H26BrI2N3O4. The maximum absolute atomic E-state index is 12.6. The minimum absolute atomic E-state index is 0.153. The third-order valence-electron chi connectivity index (χ3n) is 6.33. The Morgan fingerprint density at radius 3 is 2.24 bits per heavy atom. The topological polar surface area (TPSA) is 78.0 Å². The van der Waals surface area contributed by atoms with Gasteiger partial charge in [-0.2, -0.15) is 5.10 Å². The van der Waals surface area contributed by atoms with Crippen LogP contribution in [0.25, 0.3) is 5.69 Å². The zero-order chi connectivity index (χ0) is 29.6. The lowest BCUT2D eigenvalue weighted by molar-refractivity contribution is 0.0923. The normalized spacial score (nSPS) is 11.2. The highest BCUT2D eigenvalue weighted by Crippen LogP contribution is 2.29. The van der Waals surface area contributed by atoms with Gasteiger partial charge in [-0.15, -0.1) is 0 Å². The van der Waals surface area contributed by atoms with E-state index in [1.165, 1.54) is 11.4 Å². The number of ether oxygens (including phenoxy) is 2. The number of hydrogen-bond acceptors (Lipinski definition) is 5. The molecule has 3 aromatic carbocycles. The number of benzene rings is 3. The van der Waals surface area contributed by atoms with Gasteiger partial charge in [0.1, 0.15) is 30.5 Å². The Balaban J connectivity index is 1.12. The zero-order valence-corrected chi connectivity index (χ0v) is 28.6. The maximum Gasteiger partial charge on any atom is 0.307 e. The number of nitrogens with one attached hydrogen (secondary N) is 1. The van der Waals surface area contributed by atoms with Gasteiger partial charge in [0.05, 0.1) is 13.4 Å². The second kappa shape index (κ2) is 13.9. The first-order valence-electron chi connectivity index (χ1n) is 12.9. The van der Waals surface area contributed by atoms with E-state index in [0.29, 0.717) is 18.1 Å². The van der Waals surface area contributed by atoms with Crippen LogP contribution in [-0.2, 0) is 13.2 Å². The number of rotatable bonds is 10. The van der Waals surface area contributed by atoms with Gasteiger partial charge in [0.2, 0.25) is 0 Å². The van der Waals surface area contributed by atoms with Gasteiger partial charge in [-0.1, -0.05) is 28.1 Å². The summed E-state index contributed by atoms with van der Waals surface area (Å²) < 4.78 is 22.7. The predicted octanol–water partition coefficient (Wildman–Crippen LogP) is 8.58. The van der Waals surface area contributed by atoms with Crippen molar-refractivity contribution in [3.8, 4) is 17.2 Å². The van der Waals surface area contributed by atoms with Crippen LogP contribution in [0.2, 0.25) is 0 Å². The van der Waals surface area contributed by atoms with Crippen molar-refractivity contribution in [3.63, 3.8) is 0 Å². The van der Waals surface area contributed by atoms with Crippen LogP contribution in [-0.4, -0.2) is 16.7 Å². The van der Waals surface area contributed by atoms with Gasteiger partial charge in [0, 0.05) is 21.5 Å². The molecule has 1 N–H and O–H groups in total. The Hall–Kier alpha value is -3.10.